The Morgan fingerprint density at radius 3 is 1.39 bits per heavy atom. The smallest absolute Gasteiger partial charge is 0.318 e. The van der Waals surface area contributed by atoms with E-state index in [-0.39, 0.29) is 18.4 Å². The Bertz CT molecular complexity index is 930. The molecular formula is C24H25N3O2S4. The molecule has 0 aliphatic rings. The summed E-state index contributed by atoms with van der Waals surface area (Å²) < 4.78 is 0. The number of carbonyl (C=O) groups is 2. The SMILES string of the molecule is O=C(CCNC(=O)N(Cc1cccs1)Cc1cccs1)N(Cc1cccs1)Cc1cccs1. The van der Waals surface area contributed by atoms with Crippen LogP contribution in [0.2, 0.25) is 0 Å². The van der Waals surface area contributed by atoms with Crippen LogP contribution >= 0.6 is 45.3 Å². The molecule has 1 N–H and O–H groups in total. The number of rotatable bonds is 11. The summed E-state index contributed by atoms with van der Waals surface area (Å²) in [5.74, 6) is 0.0418. The average Bonchev–Trinajstić information content (AvgIpc) is 3.62. The van der Waals surface area contributed by atoms with Gasteiger partial charge >= 0.3 is 6.03 Å². The van der Waals surface area contributed by atoms with Gasteiger partial charge in [-0.25, -0.2) is 4.79 Å². The molecule has 0 fully saturated rings. The van der Waals surface area contributed by atoms with Crippen molar-refractivity contribution in [2.45, 2.75) is 32.6 Å². The van der Waals surface area contributed by atoms with Crippen LogP contribution in [0.3, 0.4) is 0 Å². The van der Waals surface area contributed by atoms with Crippen molar-refractivity contribution in [1.29, 1.82) is 0 Å². The highest BCUT2D eigenvalue weighted by Crippen LogP contribution is 2.19. The van der Waals surface area contributed by atoms with E-state index in [1.807, 2.05) is 75.0 Å². The largest absolute Gasteiger partial charge is 0.337 e. The predicted molar refractivity (Wildman–Crippen MR) is 139 cm³/mol. The van der Waals surface area contributed by atoms with Gasteiger partial charge in [0.15, 0.2) is 0 Å². The van der Waals surface area contributed by atoms with Gasteiger partial charge in [0, 0.05) is 32.5 Å². The predicted octanol–water partition coefficient (Wildman–Crippen LogP) is 6.26. The Balaban J connectivity index is 1.33. The molecule has 0 atom stereocenters. The first-order valence-corrected chi connectivity index (χ1v) is 14.1. The van der Waals surface area contributed by atoms with Crippen molar-refractivity contribution in [3.63, 3.8) is 0 Å². The van der Waals surface area contributed by atoms with Gasteiger partial charge in [-0.3, -0.25) is 4.79 Å². The van der Waals surface area contributed by atoms with Crippen LogP contribution in [0.5, 0.6) is 0 Å². The molecule has 0 unspecified atom stereocenters. The highest BCUT2D eigenvalue weighted by Gasteiger charge is 2.18. The number of nitrogens with one attached hydrogen (secondary N) is 1. The monoisotopic (exact) mass is 515 g/mol. The van der Waals surface area contributed by atoms with Crippen molar-refractivity contribution in [3.05, 3.63) is 89.6 Å². The van der Waals surface area contributed by atoms with Gasteiger partial charge < -0.3 is 15.1 Å². The van der Waals surface area contributed by atoms with Crippen molar-refractivity contribution < 1.29 is 9.59 Å². The summed E-state index contributed by atoms with van der Waals surface area (Å²) in [5, 5.41) is 11.1. The first-order valence-electron chi connectivity index (χ1n) is 10.6. The first kappa shape index (κ1) is 23.7. The number of hydrogen-bond acceptors (Lipinski definition) is 6. The molecule has 0 saturated carbocycles. The highest BCUT2D eigenvalue weighted by molar-refractivity contribution is 7.10. The van der Waals surface area contributed by atoms with E-state index in [0.29, 0.717) is 32.7 Å². The van der Waals surface area contributed by atoms with E-state index in [4.69, 9.17) is 0 Å². The maximum atomic E-state index is 13.0. The van der Waals surface area contributed by atoms with Gasteiger partial charge in [-0.2, -0.15) is 0 Å². The summed E-state index contributed by atoms with van der Waals surface area (Å²) in [5.41, 5.74) is 0. The van der Waals surface area contributed by atoms with Crippen molar-refractivity contribution in [2.75, 3.05) is 6.54 Å². The van der Waals surface area contributed by atoms with Crippen LogP contribution in [0.15, 0.2) is 70.1 Å². The lowest BCUT2D eigenvalue weighted by molar-refractivity contribution is -0.132. The first-order chi connectivity index (χ1) is 16.2. The second kappa shape index (κ2) is 12.1. The molecule has 172 valence electrons. The van der Waals surface area contributed by atoms with Crippen LogP contribution in [0.1, 0.15) is 25.9 Å². The fourth-order valence-corrected chi connectivity index (χ4v) is 6.22. The van der Waals surface area contributed by atoms with Crippen LogP contribution in [0, 0.1) is 0 Å². The van der Waals surface area contributed by atoms with E-state index in [1.165, 1.54) is 0 Å². The minimum Gasteiger partial charge on any atom is -0.337 e. The van der Waals surface area contributed by atoms with E-state index in [9.17, 15) is 9.59 Å². The molecule has 5 nitrogen and oxygen atoms in total. The van der Waals surface area contributed by atoms with E-state index in [0.717, 1.165) is 19.5 Å². The average molecular weight is 516 g/mol. The summed E-state index contributed by atoms with van der Waals surface area (Å²) in [6.45, 7) is 2.60. The van der Waals surface area contributed by atoms with E-state index in [1.54, 1.807) is 50.2 Å². The third kappa shape index (κ3) is 7.26. The quantitative estimate of drug-likeness (QED) is 0.256. The third-order valence-corrected chi connectivity index (χ3v) is 8.41. The molecule has 0 saturated heterocycles. The Labute approximate surface area is 209 Å². The van der Waals surface area contributed by atoms with Crippen molar-refractivity contribution in [3.8, 4) is 0 Å². The zero-order chi connectivity index (χ0) is 22.9. The summed E-state index contributed by atoms with van der Waals surface area (Å²) in [6.07, 6.45) is 0.272. The number of hydrogen-bond donors (Lipinski definition) is 1. The molecular weight excluding hydrogens is 491 g/mol. The lowest BCUT2D eigenvalue weighted by Crippen LogP contribution is -2.40. The maximum absolute atomic E-state index is 13.0. The van der Waals surface area contributed by atoms with Crippen LogP contribution in [0.25, 0.3) is 0 Å². The van der Waals surface area contributed by atoms with Crippen LogP contribution in [-0.4, -0.2) is 28.3 Å². The van der Waals surface area contributed by atoms with Gasteiger partial charge in [-0.05, 0) is 45.8 Å². The zero-order valence-corrected chi connectivity index (χ0v) is 21.3. The molecule has 4 aromatic heterocycles. The number of carbonyl (C=O) groups excluding carboxylic acids is 2. The number of amides is 3. The topological polar surface area (TPSA) is 52.7 Å². The van der Waals surface area contributed by atoms with Gasteiger partial charge in [0.25, 0.3) is 0 Å². The van der Waals surface area contributed by atoms with Gasteiger partial charge in [-0.15, -0.1) is 45.3 Å². The van der Waals surface area contributed by atoms with Crippen molar-refractivity contribution >= 4 is 57.3 Å². The maximum Gasteiger partial charge on any atom is 0.318 e. The standard InChI is InChI=1S/C24H25N3O2S4/c28-23(26(15-19-5-1-11-30-19)16-20-6-2-12-31-20)9-10-25-24(29)27(17-21-7-3-13-32-21)18-22-8-4-14-33-22/h1-8,11-14H,9-10,15-18H2,(H,25,29). The molecule has 0 aliphatic heterocycles. The second-order valence-corrected chi connectivity index (χ2v) is 11.5. The van der Waals surface area contributed by atoms with Crippen molar-refractivity contribution in [1.82, 2.24) is 15.1 Å². The fourth-order valence-electron chi connectivity index (χ4n) is 3.34. The van der Waals surface area contributed by atoms with Crippen LogP contribution < -0.4 is 5.32 Å². The lowest BCUT2D eigenvalue weighted by Gasteiger charge is -2.24. The molecule has 33 heavy (non-hydrogen) atoms. The summed E-state index contributed by atoms with van der Waals surface area (Å²) in [7, 11) is 0. The summed E-state index contributed by atoms with van der Waals surface area (Å²) in [6, 6.07) is 16.0. The Hall–Kier alpha value is -2.46. The molecule has 9 heteroatoms. The normalized spacial score (nSPS) is 10.8. The fraction of sp³-hybridized carbons (Fsp3) is 0.250. The highest BCUT2D eigenvalue weighted by atomic mass is 32.1. The van der Waals surface area contributed by atoms with E-state index < -0.39 is 0 Å². The van der Waals surface area contributed by atoms with Gasteiger partial charge in [0.1, 0.15) is 0 Å². The zero-order valence-electron chi connectivity index (χ0n) is 18.0. The molecule has 0 aromatic carbocycles. The molecule has 4 heterocycles. The number of nitrogens with zero attached hydrogens (tertiary/aromatic N) is 2. The molecule has 3 amide bonds. The van der Waals surface area contributed by atoms with Crippen LogP contribution in [0.4, 0.5) is 4.79 Å². The summed E-state index contributed by atoms with van der Waals surface area (Å²) in [4.78, 5) is 34.3. The van der Waals surface area contributed by atoms with Gasteiger partial charge in [0.05, 0.1) is 26.2 Å². The molecule has 4 rings (SSSR count). The molecule has 4 aromatic rings. The third-order valence-electron chi connectivity index (χ3n) is 4.96. The van der Waals surface area contributed by atoms with E-state index in [2.05, 4.69) is 5.32 Å². The van der Waals surface area contributed by atoms with Gasteiger partial charge in [-0.1, -0.05) is 24.3 Å². The summed E-state index contributed by atoms with van der Waals surface area (Å²) >= 11 is 6.58. The molecule has 0 radical (unpaired) electrons. The number of thiophene rings is 4. The Kier molecular flexibility index (Phi) is 8.71. The van der Waals surface area contributed by atoms with E-state index >= 15 is 0 Å². The Morgan fingerprint density at radius 2 is 1.03 bits per heavy atom. The Morgan fingerprint density at radius 1 is 0.636 bits per heavy atom. The van der Waals surface area contributed by atoms with Crippen LogP contribution in [-0.2, 0) is 31.0 Å². The van der Waals surface area contributed by atoms with Crippen molar-refractivity contribution in [2.24, 2.45) is 0 Å². The minimum absolute atomic E-state index is 0.0418. The second-order valence-electron chi connectivity index (χ2n) is 7.41. The molecule has 0 aliphatic carbocycles. The molecule has 0 spiro atoms. The number of urea groups is 1. The minimum atomic E-state index is -0.146. The molecule has 0 bridgehead atoms. The van der Waals surface area contributed by atoms with Gasteiger partial charge in [0.2, 0.25) is 5.91 Å². The lowest BCUT2D eigenvalue weighted by atomic mass is 10.3.